The van der Waals surface area contributed by atoms with Crippen LogP contribution in [0.4, 0.5) is 0 Å². The van der Waals surface area contributed by atoms with Gasteiger partial charge >= 0.3 is 5.97 Å². The molecule has 0 radical (unpaired) electrons. The Kier molecular flexibility index (Phi) is 7.10. The molecular formula is C26H26ClNO4. The zero-order chi connectivity index (χ0) is 22.5. The van der Waals surface area contributed by atoms with Gasteiger partial charge in [-0.05, 0) is 77.9 Å². The molecular weight excluding hydrogens is 426 g/mol. The second-order valence-corrected chi connectivity index (χ2v) is 8.58. The minimum Gasteiger partial charge on any atom is -0.489 e. The average molecular weight is 452 g/mol. The number of aliphatic hydroxyl groups excluding tert-OH is 1. The standard InChI is InChI=1S/C26H26ClNO4/c27-22-3-1-2-20(12-22)25(29)15-28-23-10-8-18-9-11-24(14-21(18)13-23)32-16-17-4-6-19(7-5-17)26(30)31/h1-7,9,11-12,14,23,25,28-29H,8,10,13,15-16H2,(H,30,31)/t23-,25-/m0/s1. The molecule has 0 aromatic heterocycles. The van der Waals surface area contributed by atoms with E-state index in [0.717, 1.165) is 36.1 Å². The Balaban J connectivity index is 1.32. The lowest BCUT2D eigenvalue weighted by Gasteiger charge is -2.27. The van der Waals surface area contributed by atoms with Gasteiger partial charge in [-0.1, -0.05) is 41.9 Å². The number of benzene rings is 3. The first-order valence-corrected chi connectivity index (χ1v) is 11.1. The predicted molar refractivity (Wildman–Crippen MR) is 124 cm³/mol. The fraction of sp³-hybridized carbons (Fsp3) is 0.269. The van der Waals surface area contributed by atoms with E-state index in [1.165, 1.54) is 11.1 Å². The average Bonchev–Trinajstić information content (AvgIpc) is 2.81. The molecule has 3 N–H and O–H groups in total. The Morgan fingerprint density at radius 1 is 1.09 bits per heavy atom. The molecule has 5 nitrogen and oxygen atoms in total. The van der Waals surface area contributed by atoms with Crippen LogP contribution in [0.2, 0.25) is 5.02 Å². The summed E-state index contributed by atoms with van der Waals surface area (Å²) in [6.45, 7) is 0.856. The summed E-state index contributed by atoms with van der Waals surface area (Å²) in [6, 6.07) is 20.5. The van der Waals surface area contributed by atoms with Gasteiger partial charge in [-0.25, -0.2) is 4.79 Å². The van der Waals surface area contributed by atoms with E-state index in [-0.39, 0.29) is 11.6 Å². The lowest BCUT2D eigenvalue weighted by molar-refractivity contribution is 0.0697. The molecule has 0 fully saturated rings. The second kappa shape index (κ2) is 10.2. The van der Waals surface area contributed by atoms with Crippen LogP contribution in [0.5, 0.6) is 5.75 Å². The molecule has 2 atom stereocenters. The first-order chi connectivity index (χ1) is 15.5. The van der Waals surface area contributed by atoms with Crippen molar-refractivity contribution in [3.05, 3.63) is 99.6 Å². The number of fused-ring (bicyclic) bond motifs is 1. The number of ether oxygens (including phenoxy) is 1. The van der Waals surface area contributed by atoms with E-state index in [0.29, 0.717) is 18.2 Å². The van der Waals surface area contributed by atoms with Crippen molar-refractivity contribution >= 4 is 17.6 Å². The van der Waals surface area contributed by atoms with E-state index in [1.807, 2.05) is 18.2 Å². The van der Waals surface area contributed by atoms with E-state index in [9.17, 15) is 9.90 Å². The Morgan fingerprint density at radius 2 is 1.91 bits per heavy atom. The second-order valence-electron chi connectivity index (χ2n) is 8.14. The Morgan fingerprint density at radius 3 is 2.66 bits per heavy atom. The van der Waals surface area contributed by atoms with Crippen LogP contribution in [0.3, 0.4) is 0 Å². The highest BCUT2D eigenvalue weighted by Crippen LogP contribution is 2.27. The number of aliphatic hydroxyl groups is 1. The highest BCUT2D eigenvalue weighted by Gasteiger charge is 2.20. The lowest BCUT2D eigenvalue weighted by Crippen LogP contribution is -2.37. The topological polar surface area (TPSA) is 78.8 Å². The molecule has 3 aromatic carbocycles. The number of halogens is 1. The minimum absolute atomic E-state index is 0.265. The SMILES string of the molecule is O=C(O)c1ccc(COc2ccc3c(c2)C[C@@H](NC[C@H](O)c2cccc(Cl)c2)CC3)cc1. The number of rotatable bonds is 8. The molecule has 0 unspecified atom stereocenters. The van der Waals surface area contributed by atoms with Crippen molar-refractivity contribution in [2.45, 2.75) is 38.0 Å². The quantitative estimate of drug-likeness (QED) is 0.458. The van der Waals surface area contributed by atoms with Gasteiger partial charge in [0.15, 0.2) is 0 Å². The van der Waals surface area contributed by atoms with Crippen molar-refractivity contribution in [1.29, 1.82) is 0 Å². The summed E-state index contributed by atoms with van der Waals surface area (Å²) in [5.74, 6) is -0.138. The van der Waals surface area contributed by atoms with Crippen molar-refractivity contribution in [3.63, 3.8) is 0 Å². The Labute approximate surface area is 192 Å². The molecule has 32 heavy (non-hydrogen) atoms. The van der Waals surface area contributed by atoms with Crippen LogP contribution in [-0.2, 0) is 19.4 Å². The lowest BCUT2D eigenvalue weighted by atomic mass is 9.88. The molecule has 6 heteroatoms. The third-order valence-electron chi connectivity index (χ3n) is 5.85. The zero-order valence-corrected chi connectivity index (χ0v) is 18.4. The van der Waals surface area contributed by atoms with Gasteiger partial charge in [-0.15, -0.1) is 0 Å². The molecule has 0 bridgehead atoms. The van der Waals surface area contributed by atoms with E-state index in [4.69, 9.17) is 21.4 Å². The zero-order valence-electron chi connectivity index (χ0n) is 17.6. The number of carbonyl (C=O) groups is 1. The van der Waals surface area contributed by atoms with E-state index in [2.05, 4.69) is 17.4 Å². The van der Waals surface area contributed by atoms with Crippen LogP contribution in [-0.4, -0.2) is 28.8 Å². The van der Waals surface area contributed by atoms with Gasteiger partial charge in [-0.2, -0.15) is 0 Å². The first kappa shape index (κ1) is 22.3. The number of hydrogen-bond acceptors (Lipinski definition) is 4. The molecule has 166 valence electrons. The van der Waals surface area contributed by atoms with Crippen LogP contribution in [0.1, 0.15) is 45.1 Å². The third kappa shape index (κ3) is 5.68. The third-order valence-corrected chi connectivity index (χ3v) is 6.08. The van der Waals surface area contributed by atoms with Crippen molar-refractivity contribution in [3.8, 4) is 5.75 Å². The number of aromatic carboxylic acids is 1. The number of carboxylic acids is 1. The molecule has 0 heterocycles. The molecule has 1 aliphatic rings. The fourth-order valence-electron chi connectivity index (χ4n) is 4.02. The van der Waals surface area contributed by atoms with Crippen molar-refractivity contribution in [2.24, 2.45) is 0 Å². The molecule has 0 aliphatic heterocycles. The van der Waals surface area contributed by atoms with Crippen LogP contribution in [0.25, 0.3) is 0 Å². The molecule has 0 amide bonds. The predicted octanol–water partition coefficient (Wildman–Crippen LogP) is 4.80. The number of hydrogen-bond donors (Lipinski definition) is 3. The van der Waals surface area contributed by atoms with Crippen molar-refractivity contribution in [2.75, 3.05) is 6.54 Å². The van der Waals surface area contributed by atoms with E-state index >= 15 is 0 Å². The van der Waals surface area contributed by atoms with Crippen LogP contribution < -0.4 is 10.1 Å². The van der Waals surface area contributed by atoms with Gasteiger partial charge in [0.1, 0.15) is 12.4 Å². The van der Waals surface area contributed by atoms with Gasteiger partial charge in [0.2, 0.25) is 0 Å². The molecule has 0 spiro atoms. The molecule has 0 saturated heterocycles. The summed E-state index contributed by atoms with van der Waals surface area (Å²) in [5, 5.41) is 23.6. The molecule has 3 aromatic rings. The summed E-state index contributed by atoms with van der Waals surface area (Å²) in [6.07, 6.45) is 2.28. The smallest absolute Gasteiger partial charge is 0.335 e. The van der Waals surface area contributed by atoms with Crippen LogP contribution >= 0.6 is 11.6 Å². The largest absolute Gasteiger partial charge is 0.489 e. The monoisotopic (exact) mass is 451 g/mol. The molecule has 0 saturated carbocycles. The van der Waals surface area contributed by atoms with E-state index < -0.39 is 12.1 Å². The summed E-state index contributed by atoms with van der Waals surface area (Å²) in [5.41, 5.74) is 4.58. The van der Waals surface area contributed by atoms with Gasteiger partial charge in [0, 0.05) is 17.6 Å². The van der Waals surface area contributed by atoms with Gasteiger partial charge < -0.3 is 20.3 Å². The maximum Gasteiger partial charge on any atom is 0.335 e. The van der Waals surface area contributed by atoms with Crippen molar-refractivity contribution < 1.29 is 19.7 Å². The maximum absolute atomic E-state index is 11.0. The van der Waals surface area contributed by atoms with Crippen molar-refractivity contribution in [1.82, 2.24) is 5.32 Å². The summed E-state index contributed by atoms with van der Waals surface area (Å²) < 4.78 is 5.94. The Bertz CT molecular complexity index is 1080. The number of aryl methyl sites for hydroxylation is 1. The van der Waals surface area contributed by atoms with Gasteiger partial charge in [0.05, 0.1) is 11.7 Å². The highest BCUT2D eigenvalue weighted by atomic mass is 35.5. The Hall–Kier alpha value is -2.86. The van der Waals surface area contributed by atoms with Gasteiger partial charge in [-0.3, -0.25) is 0 Å². The number of carboxylic acid groups (broad SMARTS) is 1. The van der Waals surface area contributed by atoms with Crippen LogP contribution in [0.15, 0.2) is 66.7 Å². The first-order valence-electron chi connectivity index (χ1n) is 10.7. The van der Waals surface area contributed by atoms with Crippen LogP contribution in [0, 0.1) is 0 Å². The number of nitrogens with one attached hydrogen (secondary N) is 1. The fourth-order valence-corrected chi connectivity index (χ4v) is 4.22. The van der Waals surface area contributed by atoms with E-state index in [1.54, 1.807) is 36.4 Å². The molecule has 4 rings (SSSR count). The normalized spacial score (nSPS) is 16.2. The summed E-state index contributed by atoms with van der Waals surface area (Å²) in [7, 11) is 0. The summed E-state index contributed by atoms with van der Waals surface area (Å²) in [4.78, 5) is 11.0. The maximum atomic E-state index is 11.0. The molecule has 1 aliphatic carbocycles. The minimum atomic E-state index is -0.935. The van der Waals surface area contributed by atoms with Gasteiger partial charge in [0.25, 0.3) is 0 Å². The highest BCUT2D eigenvalue weighted by molar-refractivity contribution is 6.30. The summed E-state index contributed by atoms with van der Waals surface area (Å²) >= 11 is 6.03.